The lowest BCUT2D eigenvalue weighted by atomic mass is 9.77. The predicted molar refractivity (Wildman–Crippen MR) is 126 cm³/mol. The molecule has 0 atom stereocenters. The number of aliphatic hydroxyl groups is 1. The first-order chi connectivity index (χ1) is 17.3. The molecule has 2 fully saturated rings. The van der Waals surface area contributed by atoms with Gasteiger partial charge in [0.25, 0.3) is 0 Å². The standard InChI is InChI=1S/C28H32F4O4/c1-2-35-23-14-13-22(26(31)27(23)32)28(34)36-19-9-7-18(8-10-19)21-12-11-20(24(29)25(21)30)17-5-3-16(15-33)4-6-17/h11-14,16-19,33H,2-10,15H2,1H3. The molecular weight excluding hydrogens is 476 g/mol. The SMILES string of the molecule is CCOc1ccc(C(=O)OC2CCC(c3ccc(C4CCC(CO)CC4)c(F)c3F)CC2)c(F)c1F. The van der Waals surface area contributed by atoms with Crippen LogP contribution in [0.3, 0.4) is 0 Å². The lowest BCUT2D eigenvalue weighted by Crippen LogP contribution is -2.25. The van der Waals surface area contributed by atoms with Crippen molar-refractivity contribution >= 4 is 5.97 Å². The Balaban J connectivity index is 1.36. The number of carbonyl (C=O) groups excluding carboxylic acids is 1. The molecular formula is C28H32F4O4. The molecule has 0 radical (unpaired) electrons. The van der Waals surface area contributed by atoms with Gasteiger partial charge >= 0.3 is 5.97 Å². The van der Waals surface area contributed by atoms with E-state index in [0.717, 1.165) is 31.7 Å². The second-order valence-electron chi connectivity index (χ2n) is 9.82. The predicted octanol–water partition coefficient (Wildman–Crippen LogP) is 6.79. The van der Waals surface area contributed by atoms with Crippen LogP contribution in [0.15, 0.2) is 24.3 Å². The lowest BCUT2D eigenvalue weighted by molar-refractivity contribution is 0.0188. The van der Waals surface area contributed by atoms with Gasteiger partial charge in [-0.15, -0.1) is 0 Å². The minimum Gasteiger partial charge on any atom is -0.491 e. The van der Waals surface area contributed by atoms with Crippen molar-refractivity contribution in [1.82, 2.24) is 0 Å². The molecule has 196 valence electrons. The van der Waals surface area contributed by atoms with E-state index in [1.54, 1.807) is 19.1 Å². The summed E-state index contributed by atoms with van der Waals surface area (Å²) in [5.74, 6) is -5.42. The molecule has 0 bridgehead atoms. The molecule has 0 aliphatic heterocycles. The summed E-state index contributed by atoms with van der Waals surface area (Å²) in [4.78, 5) is 12.4. The van der Waals surface area contributed by atoms with E-state index in [1.807, 2.05) is 0 Å². The van der Waals surface area contributed by atoms with E-state index in [4.69, 9.17) is 9.47 Å². The summed E-state index contributed by atoms with van der Waals surface area (Å²) >= 11 is 0. The molecule has 0 spiro atoms. The van der Waals surface area contributed by atoms with Gasteiger partial charge in [-0.25, -0.2) is 18.0 Å². The minimum absolute atomic E-state index is 0.0423. The molecule has 2 aromatic carbocycles. The van der Waals surface area contributed by atoms with Crippen LogP contribution >= 0.6 is 0 Å². The number of carbonyl (C=O) groups is 1. The molecule has 2 aliphatic carbocycles. The highest BCUT2D eigenvalue weighted by atomic mass is 19.2. The number of halogens is 4. The maximum atomic E-state index is 15.1. The Morgan fingerprint density at radius 1 is 0.806 bits per heavy atom. The molecule has 0 amide bonds. The monoisotopic (exact) mass is 508 g/mol. The third-order valence-corrected chi connectivity index (χ3v) is 7.64. The van der Waals surface area contributed by atoms with Crippen molar-refractivity contribution < 1.29 is 36.9 Å². The van der Waals surface area contributed by atoms with Crippen molar-refractivity contribution in [1.29, 1.82) is 0 Å². The molecule has 0 heterocycles. The third kappa shape index (κ3) is 5.53. The Hall–Kier alpha value is -2.61. The largest absolute Gasteiger partial charge is 0.491 e. The molecule has 2 aromatic rings. The van der Waals surface area contributed by atoms with E-state index in [9.17, 15) is 23.1 Å². The Kier molecular flexibility index (Phi) is 8.54. The Morgan fingerprint density at radius 3 is 1.89 bits per heavy atom. The maximum Gasteiger partial charge on any atom is 0.341 e. The van der Waals surface area contributed by atoms with Gasteiger partial charge in [-0.05, 0) is 99.3 Å². The molecule has 4 nitrogen and oxygen atoms in total. The second-order valence-corrected chi connectivity index (χ2v) is 9.82. The van der Waals surface area contributed by atoms with Crippen LogP contribution in [0.25, 0.3) is 0 Å². The van der Waals surface area contributed by atoms with Crippen LogP contribution in [0.4, 0.5) is 17.6 Å². The van der Waals surface area contributed by atoms with Crippen LogP contribution < -0.4 is 4.74 Å². The summed E-state index contributed by atoms with van der Waals surface area (Å²) in [5.41, 5.74) is 0.222. The molecule has 36 heavy (non-hydrogen) atoms. The molecule has 0 aromatic heterocycles. The van der Waals surface area contributed by atoms with Gasteiger partial charge in [-0.1, -0.05) is 12.1 Å². The van der Waals surface area contributed by atoms with E-state index in [1.165, 1.54) is 6.07 Å². The number of benzene rings is 2. The van der Waals surface area contributed by atoms with Gasteiger partial charge in [0.1, 0.15) is 6.10 Å². The summed E-state index contributed by atoms with van der Waals surface area (Å²) in [5, 5.41) is 9.31. The van der Waals surface area contributed by atoms with Gasteiger partial charge in [0.05, 0.1) is 12.2 Å². The average molecular weight is 509 g/mol. The summed E-state index contributed by atoms with van der Waals surface area (Å²) in [6.45, 7) is 1.92. The molecule has 4 rings (SSSR count). The molecule has 2 aliphatic rings. The van der Waals surface area contributed by atoms with Crippen LogP contribution in [0, 0.1) is 29.2 Å². The fourth-order valence-electron chi connectivity index (χ4n) is 5.53. The molecule has 0 unspecified atom stereocenters. The first-order valence-corrected chi connectivity index (χ1v) is 12.7. The van der Waals surface area contributed by atoms with E-state index in [-0.39, 0.29) is 36.7 Å². The zero-order chi connectivity index (χ0) is 25.8. The van der Waals surface area contributed by atoms with Crippen molar-refractivity contribution in [2.75, 3.05) is 13.2 Å². The van der Waals surface area contributed by atoms with Crippen LogP contribution in [-0.4, -0.2) is 30.4 Å². The van der Waals surface area contributed by atoms with Gasteiger partial charge in [-0.3, -0.25) is 0 Å². The van der Waals surface area contributed by atoms with Crippen LogP contribution in [0.2, 0.25) is 0 Å². The quantitative estimate of drug-likeness (QED) is 0.331. The molecule has 0 saturated heterocycles. The van der Waals surface area contributed by atoms with E-state index in [0.29, 0.717) is 36.8 Å². The highest BCUT2D eigenvalue weighted by Gasteiger charge is 2.31. The van der Waals surface area contributed by atoms with Gasteiger partial charge < -0.3 is 14.6 Å². The smallest absolute Gasteiger partial charge is 0.341 e. The van der Waals surface area contributed by atoms with E-state index >= 15 is 4.39 Å². The van der Waals surface area contributed by atoms with Crippen molar-refractivity contribution in [3.05, 3.63) is 64.2 Å². The first kappa shape index (κ1) is 26.5. The van der Waals surface area contributed by atoms with Crippen molar-refractivity contribution in [3.8, 4) is 5.75 Å². The number of aliphatic hydroxyl groups excluding tert-OH is 1. The van der Waals surface area contributed by atoms with Gasteiger partial charge in [0.2, 0.25) is 5.82 Å². The number of rotatable bonds is 7. The minimum atomic E-state index is -1.32. The summed E-state index contributed by atoms with van der Waals surface area (Å²) < 4.78 is 68.8. The Morgan fingerprint density at radius 2 is 1.36 bits per heavy atom. The highest BCUT2D eigenvalue weighted by molar-refractivity contribution is 5.90. The average Bonchev–Trinajstić information content (AvgIpc) is 2.89. The molecule has 8 heteroatoms. The van der Waals surface area contributed by atoms with Crippen LogP contribution in [-0.2, 0) is 4.74 Å². The highest BCUT2D eigenvalue weighted by Crippen LogP contribution is 2.41. The fraction of sp³-hybridized carbons (Fsp3) is 0.536. The van der Waals surface area contributed by atoms with Gasteiger partial charge in [-0.2, -0.15) is 4.39 Å². The Labute approximate surface area is 208 Å². The van der Waals surface area contributed by atoms with Gasteiger partial charge in [0.15, 0.2) is 23.2 Å². The van der Waals surface area contributed by atoms with Crippen molar-refractivity contribution in [3.63, 3.8) is 0 Å². The fourth-order valence-corrected chi connectivity index (χ4v) is 5.53. The maximum absolute atomic E-state index is 15.1. The van der Waals surface area contributed by atoms with Crippen molar-refractivity contribution in [2.24, 2.45) is 5.92 Å². The van der Waals surface area contributed by atoms with Crippen LogP contribution in [0.5, 0.6) is 5.75 Å². The topological polar surface area (TPSA) is 55.8 Å². The molecule has 1 N–H and O–H groups in total. The third-order valence-electron chi connectivity index (χ3n) is 7.64. The van der Waals surface area contributed by atoms with Gasteiger partial charge in [0, 0.05) is 6.61 Å². The lowest BCUT2D eigenvalue weighted by Gasteiger charge is -2.30. The van der Waals surface area contributed by atoms with Crippen molar-refractivity contribution in [2.45, 2.75) is 76.2 Å². The second kappa shape index (κ2) is 11.6. The van der Waals surface area contributed by atoms with Crippen LogP contribution in [0.1, 0.15) is 91.6 Å². The zero-order valence-corrected chi connectivity index (χ0v) is 20.4. The number of esters is 1. The Bertz CT molecular complexity index is 1070. The number of ether oxygens (including phenoxy) is 2. The normalized spacial score (nSPS) is 24.4. The summed E-state index contributed by atoms with van der Waals surface area (Å²) in [6.07, 6.45) is 4.34. The van der Waals surface area contributed by atoms with E-state index < -0.39 is 40.9 Å². The molecule has 2 saturated carbocycles. The first-order valence-electron chi connectivity index (χ1n) is 12.7. The zero-order valence-electron chi connectivity index (χ0n) is 20.4. The summed E-state index contributed by atoms with van der Waals surface area (Å²) in [6, 6.07) is 5.68. The van der Waals surface area contributed by atoms with E-state index in [2.05, 4.69) is 0 Å². The number of hydrogen-bond donors (Lipinski definition) is 1. The summed E-state index contributed by atoms with van der Waals surface area (Å²) in [7, 11) is 0. The number of hydrogen-bond acceptors (Lipinski definition) is 4.